The van der Waals surface area contributed by atoms with Crippen molar-refractivity contribution in [1.29, 1.82) is 0 Å². The average Bonchev–Trinajstić information content (AvgIpc) is 2.88. The van der Waals surface area contributed by atoms with E-state index in [1.807, 2.05) is 7.05 Å². The number of nitrogens with zero attached hydrogens (tertiary/aromatic N) is 1. The van der Waals surface area contributed by atoms with Gasteiger partial charge in [0.15, 0.2) is 0 Å². The first kappa shape index (κ1) is 16.8. The maximum absolute atomic E-state index is 12.5. The van der Waals surface area contributed by atoms with E-state index in [0.29, 0.717) is 11.9 Å². The van der Waals surface area contributed by atoms with E-state index in [0.717, 1.165) is 19.0 Å². The fourth-order valence-corrected chi connectivity index (χ4v) is 3.75. The van der Waals surface area contributed by atoms with Crippen LogP contribution in [0.2, 0.25) is 0 Å². The van der Waals surface area contributed by atoms with Crippen molar-refractivity contribution in [3.05, 3.63) is 0 Å². The quantitative estimate of drug-likeness (QED) is 0.863. The number of halogens is 1. The largest absolute Gasteiger partial charge is 0.339 e. The molecule has 2 rings (SSSR count). The molecule has 1 saturated carbocycles. The summed E-state index contributed by atoms with van der Waals surface area (Å²) < 4.78 is 0. The van der Waals surface area contributed by atoms with Gasteiger partial charge in [-0.3, -0.25) is 4.79 Å². The molecule has 19 heavy (non-hydrogen) atoms. The first-order valence-corrected chi connectivity index (χ1v) is 7.69. The predicted molar refractivity (Wildman–Crippen MR) is 81.6 cm³/mol. The lowest BCUT2D eigenvalue weighted by atomic mass is 9.82. The monoisotopic (exact) mass is 288 g/mol. The van der Waals surface area contributed by atoms with Gasteiger partial charge in [-0.05, 0) is 38.6 Å². The van der Waals surface area contributed by atoms with Crippen molar-refractivity contribution in [3.8, 4) is 0 Å². The van der Waals surface area contributed by atoms with Crippen molar-refractivity contribution < 1.29 is 4.79 Å². The Morgan fingerprint density at radius 2 is 1.89 bits per heavy atom. The van der Waals surface area contributed by atoms with E-state index in [1.54, 1.807) is 0 Å². The molecule has 3 nitrogen and oxygen atoms in total. The third-order valence-electron chi connectivity index (χ3n) is 4.71. The lowest BCUT2D eigenvalue weighted by Crippen LogP contribution is -2.44. The Morgan fingerprint density at radius 3 is 2.53 bits per heavy atom. The highest BCUT2D eigenvalue weighted by molar-refractivity contribution is 5.85. The summed E-state index contributed by atoms with van der Waals surface area (Å²) in [4.78, 5) is 14.7. The van der Waals surface area contributed by atoms with Crippen LogP contribution in [0.25, 0.3) is 0 Å². The highest BCUT2D eigenvalue weighted by Crippen LogP contribution is 2.34. The van der Waals surface area contributed by atoms with Gasteiger partial charge in [0, 0.05) is 25.0 Å². The standard InChI is InChI=1S/C15H28N2O.ClH/c1-12(11-16-2)15(18)17-10-6-9-14(17)13-7-4-3-5-8-13;/h12-14,16H,3-11H2,1-2H3;1H. The number of nitrogens with one attached hydrogen (secondary N) is 1. The van der Waals surface area contributed by atoms with Crippen molar-refractivity contribution in [1.82, 2.24) is 10.2 Å². The Morgan fingerprint density at radius 1 is 1.21 bits per heavy atom. The number of likely N-dealkylation sites (tertiary alicyclic amines) is 1. The number of carbonyl (C=O) groups excluding carboxylic acids is 1. The van der Waals surface area contributed by atoms with E-state index >= 15 is 0 Å². The second kappa shape index (κ2) is 8.11. The second-order valence-corrected chi connectivity index (χ2v) is 6.10. The van der Waals surface area contributed by atoms with E-state index in [9.17, 15) is 4.79 Å². The highest BCUT2D eigenvalue weighted by atomic mass is 35.5. The van der Waals surface area contributed by atoms with Crippen LogP contribution in [0, 0.1) is 11.8 Å². The Labute approximate surface area is 123 Å². The van der Waals surface area contributed by atoms with Gasteiger partial charge in [-0.25, -0.2) is 0 Å². The molecule has 2 atom stereocenters. The van der Waals surface area contributed by atoms with Gasteiger partial charge >= 0.3 is 0 Å². The topological polar surface area (TPSA) is 32.3 Å². The van der Waals surface area contributed by atoms with Gasteiger partial charge in [0.25, 0.3) is 0 Å². The first-order chi connectivity index (χ1) is 8.74. The molecule has 0 aromatic carbocycles. The van der Waals surface area contributed by atoms with Crippen molar-refractivity contribution in [2.24, 2.45) is 11.8 Å². The van der Waals surface area contributed by atoms with Crippen LogP contribution in [0.5, 0.6) is 0 Å². The zero-order valence-electron chi connectivity index (χ0n) is 12.4. The fourth-order valence-electron chi connectivity index (χ4n) is 3.75. The van der Waals surface area contributed by atoms with Crippen LogP contribution in [0.4, 0.5) is 0 Å². The molecule has 0 aromatic heterocycles. The van der Waals surface area contributed by atoms with Crippen LogP contribution < -0.4 is 5.32 Å². The fraction of sp³-hybridized carbons (Fsp3) is 0.933. The minimum atomic E-state index is 0. The molecule has 0 bridgehead atoms. The molecule has 1 saturated heterocycles. The van der Waals surface area contributed by atoms with Crippen molar-refractivity contribution in [2.75, 3.05) is 20.1 Å². The molecule has 1 N–H and O–H groups in total. The lowest BCUT2D eigenvalue weighted by molar-refractivity contribution is -0.136. The van der Waals surface area contributed by atoms with Crippen LogP contribution in [0.15, 0.2) is 0 Å². The number of rotatable bonds is 4. The summed E-state index contributed by atoms with van der Waals surface area (Å²) in [5.74, 6) is 1.28. The second-order valence-electron chi connectivity index (χ2n) is 6.10. The van der Waals surface area contributed by atoms with Gasteiger partial charge in [-0.15, -0.1) is 12.4 Å². The first-order valence-electron chi connectivity index (χ1n) is 7.69. The maximum atomic E-state index is 12.5. The van der Waals surface area contributed by atoms with E-state index in [1.165, 1.54) is 44.9 Å². The van der Waals surface area contributed by atoms with Gasteiger partial charge < -0.3 is 10.2 Å². The van der Waals surface area contributed by atoms with Gasteiger partial charge in [0.1, 0.15) is 0 Å². The van der Waals surface area contributed by atoms with Crippen LogP contribution in [0.3, 0.4) is 0 Å². The molecule has 1 aliphatic carbocycles. The average molecular weight is 289 g/mol. The Bertz CT molecular complexity index is 279. The molecule has 0 spiro atoms. The molecule has 0 radical (unpaired) electrons. The Hall–Kier alpha value is -0.280. The summed E-state index contributed by atoms with van der Waals surface area (Å²) >= 11 is 0. The number of carbonyl (C=O) groups is 1. The highest BCUT2D eigenvalue weighted by Gasteiger charge is 2.36. The minimum Gasteiger partial charge on any atom is -0.339 e. The molecular weight excluding hydrogens is 260 g/mol. The summed E-state index contributed by atoms with van der Waals surface area (Å²) in [6, 6.07) is 0.553. The van der Waals surface area contributed by atoms with Crippen LogP contribution in [0.1, 0.15) is 51.9 Å². The SMILES string of the molecule is CNCC(C)C(=O)N1CCCC1C1CCCCC1.Cl. The summed E-state index contributed by atoms with van der Waals surface area (Å²) in [5.41, 5.74) is 0. The third-order valence-corrected chi connectivity index (χ3v) is 4.71. The smallest absolute Gasteiger partial charge is 0.226 e. The summed E-state index contributed by atoms with van der Waals surface area (Å²) in [6.45, 7) is 3.84. The van der Waals surface area contributed by atoms with Gasteiger partial charge in [-0.1, -0.05) is 26.2 Å². The number of amides is 1. The zero-order valence-corrected chi connectivity index (χ0v) is 13.2. The van der Waals surface area contributed by atoms with Crippen molar-refractivity contribution in [2.45, 2.75) is 57.9 Å². The lowest BCUT2D eigenvalue weighted by Gasteiger charge is -2.35. The molecule has 2 fully saturated rings. The van der Waals surface area contributed by atoms with Crippen LogP contribution in [-0.2, 0) is 4.79 Å². The number of hydrogen-bond donors (Lipinski definition) is 1. The Kier molecular flexibility index (Phi) is 7.16. The van der Waals surface area contributed by atoms with Crippen LogP contribution in [-0.4, -0.2) is 37.0 Å². The van der Waals surface area contributed by atoms with E-state index in [-0.39, 0.29) is 18.3 Å². The van der Waals surface area contributed by atoms with Gasteiger partial charge in [0.05, 0.1) is 0 Å². The molecule has 112 valence electrons. The summed E-state index contributed by atoms with van der Waals surface area (Å²) in [7, 11) is 1.92. The normalized spacial score (nSPS) is 26.0. The maximum Gasteiger partial charge on any atom is 0.226 e. The zero-order chi connectivity index (χ0) is 13.0. The third kappa shape index (κ3) is 4.09. The molecular formula is C15H29ClN2O. The minimum absolute atomic E-state index is 0. The predicted octanol–water partition coefficient (Wildman–Crippen LogP) is 2.84. The van der Waals surface area contributed by atoms with Gasteiger partial charge in [0.2, 0.25) is 5.91 Å². The van der Waals surface area contributed by atoms with E-state index < -0.39 is 0 Å². The van der Waals surface area contributed by atoms with E-state index in [2.05, 4.69) is 17.1 Å². The number of hydrogen-bond acceptors (Lipinski definition) is 2. The van der Waals surface area contributed by atoms with Crippen molar-refractivity contribution in [3.63, 3.8) is 0 Å². The molecule has 2 unspecified atom stereocenters. The summed E-state index contributed by atoms with van der Waals surface area (Å²) in [5, 5.41) is 3.12. The Balaban J connectivity index is 0.00000180. The molecule has 1 amide bonds. The molecule has 4 heteroatoms. The molecule has 0 aromatic rings. The van der Waals surface area contributed by atoms with Crippen molar-refractivity contribution >= 4 is 18.3 Å². The van der Waals surface area contributed by atoms with E-state index in [4.69, 9.17) is 0 Å². The molecule has 1 heterocycles. The summed E-state index contributed by atoms with van der Waals surface area (Å²) in [6.07, 6.45) is 9.27. The molecule has 2 aliphatic rings. The molecule has 1 aliphatic heterocycles. The van der Waals surface area contributed by atoms with Gasteiger partial charge in [-0.2, -0.15) is 0 Å². The van der Waals surface area contributed by atoms with Crippen LogP contribution >= 0.6 is 12.4 Å².